The number of carbonyl (C=O) groups excluding carboxylic acids is 1. The number of aromatic nitrogens is 3. The molecule has 2 atom stereocenters. The Labute approximate surface area is 285 Å². The largest absolute Gasteiger partial charge is 0.534 e. The van der Waals surface area contributed by atoms with Crippen LogP contribution in [0.5, 0.6) is 11.8 Å². The lowest BCUT2D eigenvalue weighted by Crippen LogP contribution is -2.57. The van der Waals surface area contributed by atoms with Crippen LogP contribution in [-0.4, -0.2) is 84.5 Å². The second-order valence-electron chi connectivity index (χ2n) is 13.1. The van der Waals surface area contributed by atoms with Crippen molar-refractivity contribution in [3.05, 3.63) is 47.9 Å². The van der Waals surface area contributed by atoms with Crippen molar-refractivity contribution in [1.82, 2.24) is 19.9 Å². The monoisotopic (exact) mass is 721 g/mol. The highest BCUT2D eigenvalue weighted by atomic mass is 32.2. The van der Waals surface area contributed by atoms with Crippen molar-refractivity contribution in [3.8, 4) is 23.0 Å². The molecular formula is C33H35F4N5O7S. The van der Waals surface area contributed by atoms with Crippen LogP contribution in [-0.2, 0) is 26.0 Å². The highest BCUT2D eigenvalue weighted by Gasteiger charge is 2.50. The average Bonchev–Trinajstić information content (AvgIpc) is 3.31. The number of hydrogen-bond donors (Lipinski definition) is 0. The molecule has 0 spiro atoms. The Hall–Kier alpha value is -4.51. The van der Waals surface area contributed by atoms with Gasteiger partial charge in [0.1, 0.15) is 28.4 Å². The number of pyridine rings is 1. The molecule has 12 nitrogen and oxygen atoms in total. The molecule has 2 saturated heterocycles. The Morgan fingerprint density at radius 1 is 1.06 bits per heavy atom. The first-order valence-corrected chi connectivity index (χ1v) is 17.2. The fourth-order valence-electron chi connectivity index (χ4n) is 6.49. The molecule has 2 bridgehead atoms. The lowest BCUT2D eigenvalue weighted by atomic mass is 9.95. The van der Waals surface area contributed by atoms with E-state index in [2.05, 4.69) is 19.1 Å². The highest BCUT2D eigenvalue weighted by Crippen LogP contribution is 2.41. The molecule has 2 unspecified atom stereocenters. The van der Waals surface area contributed by atoms with E-state index >= 15 is 4.39 Å². The molecule has 17 heteroatoms. The molecule has 4 heterocycles. The van der Waals surface area contributed by atoms with Crippen molar-refractivity contribution in [2.24, 2.45) is 0 Å². The summed E-state index contributed by atoms with van der Waals surface area (Å²) in [7, 11) is -4.78. The number of alkyl halides is 3. The number of ether oxygens (including phenoxy) is 3. The number of methoxy groups -OCH3 is 1. The number of hydrogen-bond acceptors (Lipinski definition) is 11. The second-order valence-corrected chi connectivity index (χ2v) is 14.6. The van der Waals surface area contributed by atoms with E-state index < -0.39 is 44.7 Å². The van der Waals surface area contributed by atoms with Crippen LogP contribution in [0.4, 0.5) is 28.2 Å². The molecule has 4 aromatic rings. The van der Waals surface area contributed by atoms with Gasteiger partial charge in [-0.2, -0.15) is 31.6 Å². The van der Waals surface area contributed by atoms with Crippen LogP contribution in [0.2, 0.25) is 0 Å². The summed E-state index contributed by atoms with van der Waals surface area (Å²) in [4.78, 5) is 28.7. The second kappa shape index (κ2) is 13.0. The van der Waals surface area contributed by atoms with Crippen molar-refractivity contribution in [2.75, 3.05) is 31.9 Å². The van der Waals surface area contributed by atoms with Gasteiger partial charge in [-0.05, 0) is 68.5 Å². The first kappa shape index (κ1) is 35.3. The zero-order valence-corrected chi connectivity index (χ0v) is 28.7. The molecule has 0 saturated carbocycles. The zero-order chi connectivity index (χ0) is 36.2. The number of rotatable bonds is 8. The van der Waals surface area contributed by atoms with Crippen molar-refractivity contribution in [3.63, 3.8) is 0 Å². The number of aryl methyl sites for hydroxylation is 1. The van der Waals surface area contributed by atoms with E-state index in [1.165, 1.54) is 13.3 Å². The topological polar surface area (TPSA) is 133 Å². The third-order valence-electron chi connectivity index (χ3n) is 8.51. The molecule has 0 radical (unpaired) electrons. The molecule has 2 aromatic carbocycles. The maximum absolute atomic E-state index is 16.9. The van der Waals surface area contributed by atoms with Gasteiger partial charge < -0.3 is 23.3 Å². The van der Waals surface area contributed by atoms with E-state index in [1.54, 1.807) is 42.7 Å². The van der Waals surface area contributed by atoms with Gasteiger partial charge in [-0.3, -0.25) is 9.88 Å². The van der Waals surface area contributed by atoms with Crippen molar-refractivity contribution in [2.45, 2.75) is 70.2 Å². The van der Waals surface area contributed by atoms with Crippen LogP contribution in [0.25, 0.3) is 32.9 Å². The standard InChI is InChI=1S/C33H35F4N5O7S/c1-6-18-8-7-9-19-12-22(47-17-46-5)13-23(25(18)19)27-26(34)28-24(14-38-27)29(40-30(39-28)49-50(44,45)33(35,36)37)41-15-20-10-11-21(16-41)42(20)31(43)48-32(2,3)4/h7-9,12-14,20-21H,6,10-11,15-17H2,1-5H3. The van der Waals surface area contributed by atoms with Gasteiger partial charge in [0.25, 0.3) is 0 Å². The van der Waals surface area contributed by atoms with E-state index in [9.17, 15) is 26.4 Å². The molecule has 2 fully saturated rings. The number of piperazine rings is 1. The Balaban J connectivity index is 1.51. The van der Waals surface area contributed by atoms with E-state index in [4.69, 9.17) is 14.2 Å². The Bertz CT molecular complexity index is 2060. The van der Waals surface area contributed by atoms with Crippen molar-refractivity contribution in [1.29, 1.82) is 0 Å². The Morgan fingerprint density at radius 3 is 2.38 bits per heavy atom. The molecule has 6 rings (SSSR count). The van der Waals surface area contributed by atoms with Crippen LogP contribution in [0, 0.1) is 5.82 Å². The zero-order valence-electron chi connectivity index (χ0n) is 27.9. The summed E-state index contributed by atoms with van der Waals surface area (Å²) < 4.78 is 102. The Morgan fingerprint density at radius 2 is 1.76 bits per heavy atom. The number of amides is 1. The fourth-order valence-corrected chi connectivity index (χ4v) is 6.86. The van der Waals surface area contributed by atoms with Crippen LogP contribution in [0.15, 0.2) is 36.5 Å². The number of nitrogens with zero attached hydrogens (tertiary/aromatic N) is 5. The Kier molecular flexibility index (Phi) is 9.18. The summed E-state index contributed by atoms with van der Waals surface area (Å²) in [6.07, 6.45) is 2.55. The molecular weight excluding hydrogens is 686 g/mol. The van der Waals surface area contributed by atoms with Crippen molar-refractivity contribution >= 4 is 43.7 Å². The smallest absolute Gasteiger partial charge is 0.468 e. The maximum atomic E-state index is 16.9. The third-order valence-corrected chi connectivity index (χ3v) is 9.45. The molecule has 2 aromatic heterocycles. The highest BCUT2D eigenvalue weighted by molar-refractivity contribution is 7.87. The maximum Gasteiger partial charge on any atom is 0.534 e. The summed E-state index contributed by atoms with van der Waals surface area (Å²) in [5.41, 5.74) is -6.11. The van der Waals surface area contributed by atoms with Gasteiger partial charge >= 0.3 is 27.7 Å². The number of benzene rings is 2. The van der Waals surface area contributed by atoms with Gasteiger partial charge in [0, 0.05) is 32.0 Å². The van der Waals surface area contributed by atoms with Gasteiger partial charge in [0.2, 0.25) is 0 Å². The summed E-state index contributed by atoms with van der Waals surface area (Å²) in [6, 6.07) is 6.89. The lowest BCUT2D eigenvalue weighted by molar-refractivity contribution is -0.0502. The summed E-state index contributed by atoms with van der Waals surface area (Å²) in [5, 5.41) is 1.36. The number of fused-ring (bicyclic) bond motifs is 4. The van der Waals surface area contributed by atoms with Crippen LogP contribution in [0.1, 0.15) is 46.1 Å². The minimum Gasteiger partial charge on any atom is -0.468 e. The van der Waals surface area contributed by atoms with Gasteiger partial charge in [0.05, 0.1) is 17.5 Å². The summed E-state index contributed by atoms with van der Waals surface area (Å²) >= 11 is 0. The van der Waals surface area contributed by atoms with Gasteiger partial charge in [0.15, 0.2) is 12.6 Å². The molecule has 2 aliphatic rings. The fraction of sp³-hybridized carbons (Fsp3) is 0.455. The van der Waals surface area contributed by atoms with Crippen LogP contribution >= 0.6 is 0 Å². The molecule has 1 amide bonds. The van der Waals surface area contributed by atoms with Crippen LogP contribution in [0.3, 0.4) is 0 Å². The molecule has 268 valence electrons. The first-order chi connectivity index (χ1) is 23.5. The molecule has 0 N–H and O–H groups in total. The minimum atomic E-state index is -6.22. The lowest BCUT2D eigenvalue weighted by Gasteiger charge is -2.42. The van der Waals surface area contributed by atoms with E-state index in [0.29, 0.717) is 41.3 Å². The van der Waals surface area contributed by atoms with E-state index in [0.717, 1.165) is 5.56 Å². The summed E-state index contributed by atoms with van der Waals surface area (Å²) in [6.45, 7) is 7.35. The SMILES string of the molecule is CCc1cccc2cc(OCOC)cc(-c3ncc4c(N5CC6CCC(C5)N6C(=O)OC(C)(C)C)nc(OS(=O)(=O)C(F)(F)F)nc4c3F)c12. The van der Waals surface area contributed by atoms with E-state index in [-0.39, 0.29) is 48.9 Å². The quantitative estimate of drug-likeness (QED) is 0.0873. The molecule has 2 aliphatic heterocycles. The average molecular weight is 722 g/mol. The number of anilines is 1. The predicted molar refractivity (Wildman–Crippen MR) is 175 cm³/mol. The van der Waals surface area contributed by atoms with Crippen molar-refractivity contribution < 1.29 is 49.2 Å². The summed E-state index contributed by atoms with van der Waals surface area (Å²) in [5.74, 6) is -0.810. The van der Waals surface area contributed by atoms with Gasteiger partial charge in [-0.15, -0.1) is 0 Å². The molecule has 50 heavy (non-hydrogen) atoms. The van der Waals surface area contributed by atoms with E-state index in [1.807, 2.05) is 25.1 Å². The number of carbonyl (C=O) groups is 1. The third kappa shape index (κ3) is 6.67. The minimum absolute atomic E-state index is 0.0000622. The molecule has 0 aliphatic carbocycles. The first-order valence-electron chi connectivity index (χ1n) is 15.8. The number of halogens is 4. The van der Waals surface area contributed by atoms with Crippen LogP contribution < -0.4 is 13.8 Å². The normalized spacial score (nSPS) is 18.2. The van der Waals surface area contributed by atoms with Gasteiger partial charge in [-0.25, -0.2) is 9.18 Å². The predicted octanol–water partition coefficient (Wildman–Crippen LogP) is 6.35. The van der Waals surface area contributed by atoms with Gasteiger partial charge in [-0.1, -0.05) is 25.1 Å².